The van der Waals surface area contributed by atoms with Crippen molar-refractivity contribution < 1.29 is 4.79 Å². The van der Waals surface area contributed by atoms with E-state index in [0.29, 0.717) is 22.1 Å². The third-order valence-corrected chi connectivity index (χ3v) is 4.82. The highest BCUT2D eigenvalue weighted by atomic mass is 32.1. The van der Waals surface area contributed by atoms with E-state index in [1.165, 1.54) is 4.68 Å². The fourth-order valence-corrected chi connectivity index (χ4v) is 3.42. The smallest absolute Gasteiger partial charge is 0.295 e. The Kier molecular flexibility index (Phi) is 6.37. The molecule has 0 aliphatic rings. The van der Waals surface area contributed by atoms with Crippen LogP contribution in [0.25, 0.3) is 5.69 Å². The molecule has 0 saturated heterocycles. The summed E-state index contributed by atoms with van der Waals surface area (Å²) in [6.45, 7) is 5.77. The van der Waals surface area contributed by atoms with Crippen molar-refractivity contribution in [3.8, 4) is 5.69 Å². The number of rotatable bonds is 5. The highest BCUT2D eigenvalue weighted by Gasteiger charge is 2.19. The van der Waals surface area contributed by atoms with Crippen molar-refractivity contribution in [2.45, 2.75) is 26.8 Å². The van der Waals surface area contributed by atoms with Gasteiger partial charge in [-0.2, -0.15) is 0 Å². The third kappa shape index (κ3) is 4.60. The molecule has 1 aromatic heterocycles. The summed E-state index contributed by atoms with van der Waals surface area (Å²) >= 11 is 5.25. The van der Waals surface area contributed by atoms with Gasteiger partial charge in [-0.1, -0.05) is 24.3 Å². The van der Waals surface area contributed by atoms with Crippen LogP contribution in [0.15, 0.2) is 59.4 Å². The molecular formula is C22H25N5O2S. The van der Waals surface area contributed by atoms with Gasteiger partial charge in [0.05, 0.1) is 11.4 Å². The average molecular weight is 424 g/mol. The lowest BCUT2D eigenvalue weighted by Gasteiger charge is -2.13. The van der Waals surface area contributed by atoms with E-state index in [9.17, 15) is 9.59 Å². The van der Waals surface area contributed by atoms with Crippen molar-refractivity contribution in [3.63, 3.8) is 0 Å². The van der Waals surface area contributed by atoms with Gasteiger partial charge in [-0.15, -0.1) is 0 Å². The number of aromatic nitrogens is 2. The molecule has 1 heterocycles. The van der Waals surface area contributed by atoms with Crippen LogP contribution in [-0.2, 0) is 7.05 Å². The number of para-hydroxylation sites is 1. The Bertz CT molecular complexity index is 1130. The summed E-state index contributed by atoms with van der Waals surface area (Å²) in [5.41, 5.74) is 2.46. The number of hydrogen-bond donors (Lipinski definition) is 3. The highest BCUT2D eigenvalue weighted by Crippen LogP contribution is 2.16. The second kappa shape index (κ2) is 8.96. The predicted molar refractivity (Wildman–Crippen MR) is 125 cm³/mol. The van der Waals surface area contributed by atoms with Gasteiger partial charge in [-0.25, -0.2) is 4.68 Å². The molecule has 3 rings (SSSR count). The summed E-state index contributed by atoms with van der Waals surface area (Å²) in [7, 11) is 1.78. The number of benzene rings is 2. The van der Waals surface area contributed by atoms with Crippen LogP contribution in [0, 0.1) is 6.92 Å². The lowest BCUT2D eigenvalue weighted by Crippen LogP contribution is -2.33. The van der Waals surface area contributed by atoms with Crippen molar-refractivity contribution in [3.05, 3.63) is 76.2 Å². The summed E-state index contributed by atoms with van der Waals surface area (Å²) in [5, 5.41) is 9.40. The number of nitrogens with one attached hydrogen (secondary N) is 3. The van der Waals surface area contributed by atoms with Crippen LogP contribution in [0.3, 0.4) is 0 Å². The van der Waals surface area contributed by atoms with E-state index in [0.717, 1.165) is 5.69 Å². The second-order valence-electron chi connectivity index (χ2n) is 7.22. The zero-order chi connectivity index (χ0) is 21.8. The van der Waals surface area contributed by atoms with Gasteiger partial charge in [-0.05, 0) is 63.3 Å². The van der Waals surface area contributed by atoms with E-state index in [-0.39, 0.29) is 23.2 Å². The van der Waals surface area contributed by atoms with Crippen LogP contribution >= 0.6 is 12.2 Å². The molecule has 30 heavy (non-hydrogen) atoms. The first-order chi connectivity index (χ1) is 14.3. The predicted octanol–water partition coefficient (Wildman–Crippen LogP) is 3.43. The molecule has 156 valence electrons. The Morgan fingerprint density at radius 2 is 1.73 bits per heavy atom. The van der Waals surface area contributed by atoms with Crippen molar-refractivity contribution >= 4 is 34.6 Å². The Balaban J connectivity index is 1.84. The SMILES string of the molecule is Cc1c(NC(=O)c2cccc(NC(=S)NC(C)C)c2)c(=O)n(-c2ccccc2)n1C. The van der Waals surface area contributed by atoms with E-state index in [4.69, 9.17) is 12.2 Å². The Morgan fingerprint density at radius 3 is 2.40 bits per heavy atom. The molecule has 0 atom stereocenters. The topological polar surface area (TPSA) is 80.1 Å². The van der Waals surface area contributed by atoms with E-state index in [2.05, 4.69) is 16.0 Å². The Hall–Kier alpha value is -3.39. The van der Waals surface area contributed by atoms with Crippen LogP contribution in [0.5, 0.6) is 0 Å². The number of nitrogens with zero attached hydrogens (tertiary/aromatic N) is 2. The first-order valence-corrected chi connectivity index (χ1v) is 10.0. The first kappa shape index (κ1) is 21.3. The number of carbonyl (C=O) groups excluding carboxylic acids is 1. The molecule has 0 bridgehead atoms. The fraction of sp³-hybridized carbons (Fsp3) is 0.227. The summed E-state index contributed by atoms with van der Waals surface area (Å²) < 4.78 is 3.25. The molecular weight excluding hydrogens is 398 g/mol. The normalized spacial score (nSPS) is 10.7. The van der Waals surface area contributed by atoms with Crippen molar-refractivity contribution in [1.82, 2.24) is 14.7 Å². The molecule has 3 aromatic rings. The number of hydrogen-bond acceptors (Lipinski definition) is 3. The Morgan fingerprint density at radius 1 is 1.03 bits per heavy atom. The van der Waals surface area contributed by atoms with Gasteiger partial charge >= 0.3 is 0 Å². The number of amides is 1. The highest BCUT2D eigenvalue weighted by molar-refractivity contribution is 7.80. The molecule has 8 heteroatoms. The quantitative estimate of drug-likeness (QED) is 0.548. The van der Waals surface area contributed by atoms with Gasteiger partial charge in [-0.3, -0.25) is 14.3 Å². The maximum Gasteiger partial charge on any atom is 0.295 e. The van der Waals surface area contributed by atoms with Crippen molar-refractivity contribution in [1.29, 1.82) is 0 Å². The standard InChI is InChI=1S/C22H25N5O2S/c1-14(2)23-22(30)24-17-10-8-9-16(13-17)20(28)25-19-15(3)26(4)27(21(19)29)18-11-6-5-7-12-18/h5-14H,1-4H3,(H,25,28)(H2,23,24,30). The second-order valence-corrected chi connectivity index (χ2v) is 7.63. The van der Waals surface area contributed by atoms with E-state index in [1.807, 2.05) is 50.2 Å². The monoisotopic (exact) mass is 423 g/mol. The number of thiocarbonyl (C=S) groups is 1. The lowest BCUT2D eigenvalue weighted by molar-refractivity contribution is 0.102. The largest absolute Gasteiger partial charge is 0.360 e. The molecule has 2 aromatic carbocycles. The van der Waals surface area contributed by atoms with Gasteiger partial charge < -0.3 is 16.0 Å². The van der Waals surface area contributed by atoms with Crippen LogP contribution in [0.1, 0.15) is 29.9 Å². The first-order valence-electron chi connectivity index (χ1n) is 9.61. The zero-order valence-corrected chi connectivity index (χ0v) is 18.2. The maximum absolute atomic E-state index is 13.0. The molecule has 0 aliphatic carbocycles. The molecule has 1 amide bonds. The fourth-order valence-electron chi connectivity index (χ4n) is 3.07. The van der Waals surface area contributed by atoms with E-state index >= 15 is 0 Å². The van der Waals surface area contributed by atoms with Gasteiger partial charge in [0, 0.05) is 24.3 Å². The Labute approximate surface area is 180 Å². The summed E-state index contributed by atoms with van der Waals surface area (Å²) in [6, 6.07) is 16.5. The summed E-state index contributed by atoms with van der Waals surface area (Å²) in [4.78, 5) is 25.8. The van der Waals surface area contributed by atoms with Gasteiger partial charge in [0.1, 0.15) is 5.69 Å². The van der Waals surface area contributed by atoms with Crippen molar-refractivity contribution in [2.75, 3.05) is 10.6 Å². The number of carbonyl (C=O) groups is 1. The van der Waals surface area contributed by atoms with Crippen LogP contribution in [0.2, 0.25) is 0 Å². The molecule has 3 N–H and O–H groups in total. The summed E-state index contributed by atoms with van der Waals surface area (Å²) in [5.74, 6) is -0.368. The molecule has 0 aliphatic heterocycles. The van der Waals surface area contributed by atoms with E-state index < -0.39 is 0 Å². The van der Waals surface area contributed by atoms with Gasteiger partial charge in [0.25, 0.3) is 11.5 Å². The molecule has 7 nitrogen and oxygen atoms in total. The zero-order valence-electron chi connectivity index (χ0n) is 17.4. The van der Waals surface area contributed by atoms with Crippen LogP contribution in [-0.4, -0.2) is 26.4 Å². The molecule has 0 radical (unpaired) electrons. The molecule has 0 unspecified atom stereocenters. The number of anilines is 2. The molecule has 0 fully saturated rings. The van der Waals surface area contributed by atoms with Gasteiger partial charge in [0.2, 0.25) is 0 Å². The molecule has 0 spiro atoms. The summed E-state index contributed by atoms with van der Waals surface area (Å²) in [6.07, 6.45) is 0. The third-order valence-electron chi connectivity index (χ3n) is 4.60. The van der Waals surface area contributed by atoms with Crippen molar-refractivity contribution in [2.24, 2.45) is 7.05 Å². The van der Waals surface area contributed by atoms with Crippen LogP contribution < -0.4 is 21.5 Å². The minimum absolute atomic E-state index is 0.198. The van der Waals surface area contributed by atoms with Crippen LogP contribution in [0.4, 0.5) is 11.4 Å². The molecule has 0 saturated carbocycles. The minimum atomic E-state index is -0.368. The lowest BCUT2D eigenvalue weighted by atomic mass is 10.2. The maximum atomic E-state index is 13.0. The van der Waals surface area contributed by atoms with E-state index in [1.54, 1.807) is 36.9 Å². The minimum Gasteiger partial charge on any atom is -0.360 e. The van der Waals surface area contributed by atoms with Gasteiger partial charge in [0.15, 0.2) is 5.11 Å². The average Bonchev–Trinajstić information content (AvgIpc) is 2.91.